The van der Waals surface area contributed by atoms with E-state index in [2.05, 4.69) is 207 Å². The highest BCUT2D eigenvalue weighted by molar-refractivity contribution is 7.25. The lowest BCUT2D eigenvalue weighted by Gasteiger charge is -2.27. The van der Waals surface area contributed by atoms with E-state index in [0.717, 1.165) is 17.1 Å². The normalized spacial score (nSPS) is 12.9. The molecular weight excluding hydrogens is 659 g/mol. The summed E-state index contributed by atoms with van der Waals surface area (Å²) in [6.45, 7) is 4.69. The number of rotatable bonds is 6. The van der Waals surface area contributed by atoms with Crippen LogP contribution in [0.15, 0.2) is 188 Å². The Kier molecular flexibility index (Phi) is 7.42. The van der Waals surface area contributed by atoms with Crippen LogP contribution in [0.25, 0.3) is 64.7 Å². The van der Waals surface area contributed by atoms with E-state index in [4.69, 9.17) is 0 Å². The van der Waals surface area contributed by atoms with Crippen molar-refractivity contribution in [1.82, 2.24) is 0 Å². The lowest BCUT2D eigenvalue weighted by atomic mass is 9.82. The van der Waals surface area contributed by atoms with Crippen LogP contribution in [0.2, 0.25) is 0 Å². The Bertz CT molecular complexity index is 2790. The second-order valence-electron chi connectivity index (χ2n) is 14.6. The van der Waals surface area contributed by atoms with Gasteiger partial charge in [0, 0.05) is 42.6 Å². The van der Waals surface area contributed by atoms with Crippen molar-refractivity contribution in [2.45, 2.75) is 19.3 Å². The summed E-state index contributed by atoms with van der Waals surface area (Å²) in [5.41, 5.74) is 16.1. The van der Waals surface area contributed by atoms with Crippen molar-refractivity contribution < 1.29 is 0 Å². The molecule has 0 bridgehead atoms. The second-order valence-corrected chi connectivity index (χ2v) is 15.7. The average molecular weight is 696 g/mol. The SMILES string of the molecule is CC1(C)c2ccccc2-c2cc(N(c3ccc(-c4cccc(-c5ccccc5)c4)cc3)c3ccc(-c4ccc5sc6ccccc6c5c4)cc3)ccc21. The number of hydrogen-bond donors (Lipinski definition) is 0. The molecule has 0 N–H and O–H groups in total. The number of hydrogen-bond acceptors (Lipinski definition) is 2. The van der Waals surface area contributed by atoms with Gasteiger partial charge >= 0.3 is 0 Å². The van der Waals surface area contributed by atoms with Crippen LogP contribution in [0.1, 0.15) is 25.0 Å². The number of nitrogens with zero attached hydrogens (tertiary/aromatic N) is 1. The minimum absolute atomic E-state index is 0.0399. The van der Waals surface area contributed by atoms with Crippen LogP contribution >= 0.6 is 11.3 Å². The van der Waals surface area contributed by atoms with Crippen LogP contribution in [0, 0.1) is 0 Å². The lowest BCUT2D eigenvalue weighted by Crippen LogP contribution is -2.15. The zero-order valence-electron chi connectivity index (χ0n) is 29.8. The monoisotopic (exact) mass is 695 g/mol. The van der Waals surface area contributed by atoms with E-state index < -0.39 is 0 Å². The first kappa shape index (κ1) is 31.5. The van der Waals surface area contributed by atoms with E-state index in [0.29, 0.717) is 0 Å². The van der Waals surface area contributed by atoms with Gasteiger partial charge in [0.05, 0.1) is 0 Å². The van der Waals surface area contributed by atoms with Gasteiger partial charge in [0.1, 0.15) is 0 Å². The van der Waals surface area contributed by atoms with Gasteiger partial charge in [-0.15, -0.1) is 11.3 Å². The third-order valence-corrected chi connectivity index (χ3v) is 12.2. The van der Waals surface area contributed by atoms with Gasteiger partial charge in [-0.1, -0.05) is 141 Å². The predicted molar refractivity (Wildman–Crippen MR) is 228 cm³/mol. The molecule has 1 heterocycles. The first-order valence-corrected chi connectivity index (χ1v) is 19.2. The van der Waals surface area contributed by atoms with Gasteiger partial charge in [0.2, 0.25) is 0 Å². The van der Waals surface area contributed by atoms with Crippen LogP contribution in [-0.2, 0) is 5.41 Å². The van der Waals surface area contributed by atoms with Crippen molar-refractivity contribution in [3.63, 3.8) is 0 Å². The highest BCUT2D eigenvalue weighted by Crippen LogP contribution is 2.50. The van der Waals surface area contributed by atoms with Crippen molar-refractivity contribution in [1.29, 1.82) is 0 Å². The Balaban J connectivity index is 1.06. The molecule has 1 aliphatic rings. The molecule has 10 rings (SSSR count). The summed E-state index contributed by atoms with van der Waals surface area (Å²) in [5, 5.41) is 2.65. The zero-order valence-corrected chi connectivity index (χ0v) is 30.6. The molecule has 252 valence electrons. The summed E-state index contributed by atoms with van der Waals surface area (Å²) in [6, 6.07) is 69.1. The minimum Gasteiger partial charge on any atom is -0.310 e. The maximum absolute atomic E-state index is 2.40. The van der Waals surface area contributed by atoms with E-state index >= 15 is 0 Å². The first-order chi connectivity index (χ1) is 26.0. The first-order valence-electron chi connectivity index (χ1n) is 18.3. The van der Waals surface area contributed by atoms with Crippen molar-refractivity contribution in [3.8, 4) is 44.5 Å². The Morgan fingerprint density at radius 3 is 1.62 bits per heavy atom. The van der Waals surface area contributed by atoms with Crippen molar-refractivity contribution in [2.75, 3.05) is 4.90 Å². The molecule has 0 amide bonds. The van der Waals surface area contributed by atoms with Gasteiger partial charge in [-0.05, 0) is 116 Å². The van der Waals surface area contributed by atoms with Crippen LogP contribution in [0.3, 0.4) is 0 Å². The average Bonchev–Trinajstić information content (AvgIpc) is 3.70. The summed E-state index contributed by atoms with van der Waals surface area (Å²) in [4.78, 5) is 2.40. The fourth-order valence-electron chi connectivity index (χ4n) is 8.31. The maximum atomic E-state index is 2.40. The molecule has 9 aromatic rings. The summed E-state index contributed by atoms with van der Waals surface area (Å²) in [6.07, 6.45) is 0. The zero-order chi connectivity index (χ0) is 35.5. The predicted octanol–water partition coefficient (Wildman–Crippen LogP) is 14.8. The molecule has 1 aromatic heterocycles. The fourth-order valence-corrected chi connectivity index (χ4v) is 9.40. The Labute approximate surface area is 315 Å². The summed E-state index contributed by atoms with van der Waals surface area (Å²) < 4.78 is 2.66. The molecule has 1 aliphatic carbocycles. The van der Waals surface area contributed by atoms with Crippen LogP contribution < -0.4 is 4.90 Å². The third kappa shape index (κ3) is 5.37. The van der Waals surface area contributed by atoms with Gasteiger partial charge in [0.25, 0.3) is 0 Å². The van der Waals surface area contributed by atoms with Gasteiger partial charge in [-0.25, -0.2) is 0 Å². The Hall–Kier alpha value is -6.22. The molecule has 0 spiro atoms. The van der Waals surface area contributed by atoms with Crippen LogP contribution in [0.5, 0.6) is 0 Å². The Morgan fingerprint density at radius 1 is 0.358 bits per heavy atom. The number of anilines is 3. The molecule has 0 saturated carbocycles. The smallest absolute Gasteiger partial charge is 0.0468 e. The molecule has 0 saturated heterocycles. The topological polar surface area (TPSA) is 3.24 Å². The van der Waals surface area contributed by atoms with E-state index in [1.807, 2.05) is 11.3 Å². The van der Waals surface area contributed by atoms with Crippen LogP contribution in [0.4, 0.5) is 17.1 Å². The summed E-state index contributed by atoms with van der Waals surface area (Å²) >= 11 is 1.86. The molecule has 2 heteroatoms. The van der Waals surface area contributed by atoms with E-state index in [9.17, 15) is 0 Å². The largest absolute Gasteiger partial charge is 0.310 e. The molecule has 0 aliphatic heterocycles. The second kappa shape index (κ2) is 12.5. The summed E-state index contributed by atoms with van der Waals surface area (Å²) in [7, 11) is 0. The quantitative estimate of drug-likeness (QED) is 0.167. The molecule has 0 unspecified atom stereocenters. The molecule has 8 aromatic carbocycles. The highest BCUT2D eigenvalue weighted by Gasteiger charge is 2.35. The third-order valence-electron chi connectivity index (χ3n) is 11.1. The lowest BCUT2D eigenvalue weighted by molar-refractivity contribution is 0.660. The van der Waals surface area contributed by atoms with Crippen molar-refractivity contribution in [2.24, 2.45) is 0 Å². The van der Waals surface area contributed by atoms with Gasteiger partial charge in [-0.2, -0.15) is 0 Å². The Morgan fingerprint density at radius 2 is 0.887 bits per heavy atom. The minimum atomic E-state index is -0.0399. The van der Waals surface area contributed by atoms with E-state index in [1.165, 1.54) is 75.8 Å². The maximum Gasteiger partial charge on any atom is 0.0468 e. The molecule has 53 heavy (non-hydrogen) atoms. The van der Waals surface area contributed by atoms with Crippen molar-refractivity contribution >= 4 is 48.6 Å². The number of thiophene rings is 1. The number of benzene rings is 8. The van der Waals surface area contributed by atoms with Gasteiger partial charge in [-0.3, -0.25) is 0 Å². The molecular formula is C51H37NS. The van der Waals surface area contributed by atoms with Crippen molar-refractivity contribution in [3.05, 3.63) is 199 Å². The number of fused-ring (bicyclic) bond motifs is 6. The van der Waals surface area contributed by atoms with Gasteiger partial charge < -0.3 is 4.90 Å². The summed E-state index contributed by atoms with van der Waals surface area (Å²) in [5.74, 6) is 0. The molecule has 0 fully saturated rings. The van der Waals surface area contributed by atoms with Crippen LogP contribution in [-0.4, -0.2) is 0 Å². The molecule has 0 radical (unpaired) electrons. The van der Waals surface area contributed by atoms with E-state index in [1.54, 1.807) is 0 Å². The highest BCUT2D eigenvalue weighted by atomic mass is 32.1. The molecule has 1 nitrogen and oxygen atoms in total. The van der Waals surface area contributed by atoms with Gasteiger partial charge in [0.15, 0.2) is 0 Å². The van der Waals surface area contributed by atoms with E-state index in [-0.39, 0.29) is 5.41 Å². The standard InChI is InChI=1S/C51H37NS/c1-51(2)47-17-8-6-15-43(47)45-33-42(28-29-48(45)51)52(40-24-19-35(20-25-40)38-14-10-13-37(31-38)34-11-4-3-5-12-34)41-26-21-36(22-27-41)39-23-30-50-46(32-39)44-16-7-9-18-49(44)53-50/h3-33H,1-2H3. The molecule has 0 atom stereocenters. The fraction of sp³-hybridized carbons (Fsp3) is 0.0588.